The van der Waals surface area contributed by atoms with Crippen LogP contribution in [0.5, 0.6) is 0 Å². The van der Waals surface area contributed by atoms with Crippen molar-refractivity contribution in [2.24, 2.45) is 0 Å². The maximum absolute atomic E-state index is 12.0. The summed E-state index contributed by atoms with van der Waals surface area (Å²) in [6.07, 6.45) is 0. The minimum Gasteiger partial charge on any atom is -0.378 e. The largest absolute Gasteiger partial charge is 0.378 e. The number of hydrogen-bond donors (Lipinski definition) is 1. The predicted molar refractivity (Wildman–Crippen MR) is 124 cm³/mol. The van der Waals surface area contributed by atoms with Gasteiger partial charge in [0.05, 0.1) is 0 Å². The zero-order valence-electron chi connectivity index (χ0n) is 17.0. The van der Waals surface area contributed by atoms with E-state index in [9.17, 15) is 8.42 Å². The van der Waals surface area contributed by atoms with Crippen LogP contribution in [0.3, 0.4) is 0 Å². The molecule has 2 aromatic carbocycles. The molecule has 1 aliphatic rings. The number of para-hydroxylation sites is 1. The first-order valence-corrected chi connectivity index (χ1v) is 12.5. The Balaban J connectivity index is 1.74. The summed E-state index contributed by atoms with van der Waals surface area (Å²) in [7, 11) is 0.711. The van der Waals surface area contributed by atoms with Crippen LogP contribution in [0.2, 0.25) is 0 Å². The van der Waals surface area contributed by atoms with Gasteiger partial charge in [0.15, 0.2) is 0 Å². The molecule has 0 aliphatic carbocycles. The second-order valence-corrected chi connectivity index (χ2v) is 10.5. The molecule has 1 heterocycles. The monoisotopic (exact) mass is 480 g/mol. The molecule has 29 heavy (non-hydrogen) atoms. The Hall–Kier alpha value is -1.61. The first-order chi connectivity index (χ1) is 13.9. The standard InChI is InChI=1S/C21H29BrN4O2S/c1-24(2)19-10-8-18(9-11-19)21(16-23-29(27,28)17-22)26-14-12-25(13-15-26)20-6-4-3-5-7-20/h3-11,21,23H,12-17H2,1-2H3. The SMILES string of the molecule is CN(C)c1ccc(C(CNS(=O)(=O)CBr)N2CCN(c3ccccc3)CC2)cc1. The molecule has 0 amide bonds. The Kier molecular flexibility index (Phi) is 7.56. The Morgan fingerprint density at radius 2 is 1.62 bits per heavy atom. The van der Waals surface area contributed by atoms with Crippen LogP contribution in [0, 0.1) is 0 Å². The summed E-state index contributed by atoms with van der Waals surface area (Å²) < 4.78 is 26.7. The van der Waals surface area contributed by atoms with Crippen LogP contribution in [-0.2, 0) is 10.0 Å². The van der Waals surface area contributed by atoms with Crippen LogP contribution in [0.15, 0.2) is 54.6 Å². The van der Waals surface area contributed by atoms with Crippen LogP contribution in [0.1, 0.15) is 11.6 Å². The minimum atomic E-state index is -3.32. The van der Waals surface area contributed by atoms with Gasteiger partial charge in [0.25, 0.3) is 0 Å². The third-order valence-electron chi connectivity index (χ3n) is 5.31. The van der Waals surface area contributed by atoms with E-state index >= 15 is 0 Å². The number of alkyl halides is 1. The summed E-state index contributed by atoms with van der Waals surface area (Å²) in [5, 5.41) is 0. The number of nitrogens with zero attached hydrogens (tertiary/aromatic N) is 3. The highest BCUT2D eigenvalue weighted by Crippen LogP contribution is 2.26. The Morgan fingerprint density at radius 1 is 1.00 bits per heavy atom. The summed E-state index contributed by atoms with van der Waals surface area (Å²) in [6.45, 7) is 3.96. The van der Waals surface area contributed by atoms with Crippen molar-refractivity contribution in [1.82, 2.24) is 9.62 Å². The maximum Gasteiger partial charge on any atom is 0.221 e. The van der Waals surface area contributed by atoms with Gasteiger partial charge in [-0.05, 0) is 29.8 Å². The third-order valence-corrected chi connectivity index (χ3v) is 8.01. The van der Waals surface area contributed by atoms with E-state index in [-0.39, 0.29) is 10.7 Å². The van der Waals surface area contributed by atoms with Gasteiger partial charge >= 0.3 is 0 Å². The van der Waals surface area contributed by atoms with Gasteiger partial charge < -0.3 is 9.80 Å². The second-order valence-electron chi connectivity index (χ2n) is 7.43. The lowest BCUT2D eigenvalue weighted by molar-refractivity contribution is 0.187. The van der Waals surface area contributed by atoms with E-state index in [0.29, 0.717) is 6.54 Å². The van der Waals surface area contributed by atoms with Gasteiger partial charge in [-0.15, -0.1) is 0 Å². The van der Waals surface area contributed by atoms with Crippen molar-refractivity contribution in [3.63, 3.8) is 0 Å². The maximum atomic E-state index is 12.0. The zero-order valence-corrected chi connectivity index (χ0v) is 19.4. The van der Waals surface area contributed by atoms with E-state index in [1.165, 1.54) is 5.69 Å². The van der Waals surface area contributed by atoms with Crippen LogP contribution in [0.25, 0.3) is 0 Å². The molecule has 1 aliphatic heterocycles. The highest BCUT2D eigenvalue weighted by atomic mass is 79.9. The molecule has 2 aromatic rings. The molecule has 0 aromatic heterocycles. The molecule has 8 heteroatoms. The molecule has 1 N–H and O–H groups in total. The van der Waals surface area contributed by atoms with E-state index in [0.717, 1.165) is 37.4 Å². The van der Waals surface area contributed by atoms with Crippen molar-refractivity contribution < 1.29 is 8.42 Å². The lowest BCUT2D eigenvalue weighted by Gasteiger charge is -2.40. The normalized spacial score (nSPS) is 16.6. The van der Waals surface area contributed by atoms with Gasteiger partial charge in [0, 0.05) is 64.2 Å². The summed E-state index contributed by atoms with van der Waals surface area (Å²) in [5.41, 5.74) is 3.49. The quantitative estimate of drug-likeness (QED) is 0.588. The fourth-order valence-corrected chi connectivity index (χ4v) is 4.60. The van der Waals surface area contributed by atoms with Gasteiger partial charge in [-0.2, -0.15) is 0 Å². The molecule has 1 unspecified atom stereocenters. The van der Waals surface area contributed by atoms with E-state index in [2.05, 4.69) is 83.9 Å². The van der Waals surface area contributed by atoms with Crippen molar-refractivity contribution in [1.29, 1.82) is 0 Å². The van der Waals surface area contributed by atoms with Crippen molar-refractivity contribution in [2.45, 2.75) is 6.04 Å². The molecule has 3 rings (SSSR count). The first kappa shape index (κ1) is 22.1. The topological polar surface area (TPSA) is 55.9 Å². The Labute approximate surface area is 182 Å². The molecule has 1 saturated heterocycles. The van der Waals surface area contributed by atoms with Gasteiger partial charge in [-0.25, -0.2) is 13.1 Å². The number of anilines is 2. The molecule has 6 nitrogen and oxygen atoms in total. The van der Waals surface area contributed by atoms with Crippen molar-refractivity contribution in [2.75, 3.05) is 61.3 Å². The number of rotatable bonds is 8. The summed E-state index contributed by atoms with van der Waals surface area (Å²) in [4.78, 5) is 6.82. The fourth-order valence-electron chi connectivity index (χ4n) is 3.63. The Morgan fingerprint density at radius 3 is 2.17 bits per heavy atom. The van der Waals surface area contributed by atoms with Gasteiger partial charge in [0.1, 0.15) is 4.66 Å². The lowest BCUT2D eigenvalue weighted by Crippen LogP contribution is -2.50. The smallest absolute Gasteiger partial charge is 0.221 e. The molecule has 1 atom stereocenters. The summed E-state index contributed by atoms with van der Waals surface area (Å²) in [6, 6.07) is 18.8. The van der Waals surface area contributed by atoms with Crippen LogP contribution in [0.4, 0.5) is 11.4 Å². The number of sulfonamides is 1. The second kappa shape index (κ2) is 9.93. The number of hydrogen-bond acceptors (Lipinski definition) is 5. The highest BCUT2D eigenvalue weighted by molar-refractivity contribution is 9.10. The fraction of sp³-hybridized carbons (Fsp3) is 0.429. The zero-order chi connectivity index (χ0) is 20.9. The van der Waals surface area contributed by atoms with Crippen LogP contribution in [-0.4, -0.2) is 64.8 Å². The van der Waals surface area contributed by atoms with Crippen molar-refractivity contribution in [3.05, 3.63) is 60.2 Å². The van der Waals surface area contributed by atoms with E-state index in [1.807, 2.05) is 20.2 Å². The van der Waals surface area contributed by atoms with Crippen LogP contribution >= 0.6 is 15.9 Å². The molecule has 0 radical (unpaired) electrons. The average molecular weight is 481 g/mol. The first-order valence-electron chi connectivity index (χ1n) is 9.74. The highest BCUT2D eigenvalue weighted by Gasteiger charge is 2.26. The minimum absolute atomic E-state index is 0.00189. The van der Waals surface area contributed by atoms with Gasteiger partial charge in [-0.3, -0.25) is 4.90 Å². The summed E-state index contributed by atoms with van der Waals surface area (Å²) in [5.74, 6) is 0. The lowest BCUT2D eigenvalue weighted by atomic mass is 10.0. The third kappa shape index (κ3) is 5.94. The van der Waals surface area contributed by atoms with Gasteiger partial charge in [-0.1, -0.05) is 46.3 Å². The van der Waals surface area contributed by atoms with Crippen LogP contribution < -0.4 is 14.5 Å². The molecule has 0 spiro atoms. The van der Waals surface area contributed by atoms with E-state index < -0.39 is 10.0 Å². The van der Waals surface area contributed by atoms with E-state index in [4.69, 9.17) is 0 Å². The van der Waals surface area contributed by atoms with Crippen molar-refractivity contribution in [3.8, 4) is 0 Å². The number of benzene rings is 2. The van der Waals surface area contributed by atoms with E-state index in [1.54, 1.807) is 0 Å². The molecule has 158 valence electrons. The Bertz CT molecular complexity index is 867. The number of piperazine rings is 1. The average Bonchev–Trinajstić information content (AvgIpc) is 2.75. The number of nitrogens with one attached hydrogen (secondary N) is 1. The predicted octanol–water partition coefficient (Wildman–Crippen LogP) is 2.89. The van der Waals surface area contributed by atoms with Gasteiger partial charge in [0.2, 0.25) is 10.0 Å². The molecule has 0 bridgehead atoms. The van der Waals surface area contributed by atoms with Crippen molar-refractivity contribution >= 4 is 37.3 Å². The number of halogens is 1. The molecular formula is C21H29BrN4O2S. The molecule has 0 saturated carbocycles. The molecule has 1 fully saturated rings. The molecular weight excluding hydrogens is 452 g/mol. The summed E-state index contributed by atoms with van der Waals surface area (Å²) >= 11 is 3.06.